The number of carboxylic acids is 1. The largest absolute Gasteiger partial charge is 0.478 e. The molecule has 0 saturated carbocycles. The van der Waals surface area contributed by atoms with Crippen molar-refractivity contribution in [2.24, 2.45) is 0 Å². The number of hydrogen-bond acceptors (Lipinski definition) is 4. The highest BCUT2D eigenvalue weighted by molar-refractivity contribution is 5.92. The van der Waals surface area contributed by atoms with Crippen LogP contribution in [0.3, 0.4) is 0 Å². The molecule has 0 fully saturated rings. The van der Waals surface area contributed by atoms with Crippen molar-refractivity contribution >= 4 is 11.9 Å². The molecule has 6 nitrogen and oxygen atoms in total. The van der Waals surface area contributed by atoms with Gasteiger partial charge in [-0.2, -0.15) is 13.2 Å². The zero-order valence-corrected chi connectivity index (χ0v) is 12.7. The predicted octanol–water partition coefficient (Wildman–Crippen LogP) is 2.97. The fourth-order valence-corrected chi connectivity index (χ4v) is 2.02. The summed E-state index contributed by atoms with van der Waals surface area (Å²) in [5, 5.41) is 8.95. The summed E-state index contributed by atoms with van der Waals surface area (Å²) >= 11 is 0. The highest BCUT2D eigenvalue weighted by Gasteiger charge is 2.31. The number of hydrogen-bond donors (Lipinski definition) is 1. The van der Waals surface area contributed by atoms with Crippen molar-refractivity contribution in [3.05, 3.63) is 52.7 Å². The molecule has 1 amide bonds. The first-order chi connectivity index (χ1) is 11.1. The van der Waals surface area contributed by atoms with E-state index < -0.39 is 23.6 Å². The number of aromatic nitrogens is 1. The Kier molecular flexibility index (Phi) is 4.63. The van der Waals surface area contributed by atoms with Gasteiger partial charge in [-0.05, 0) is 25.1 Å². The standard InChI is InChI=1S/C15H13F3N2O4/c1-8-11(14(22)23)5-10(24-8)7-20(2)13(21)12-4-3-9(6-19-12)15(16,17)18/h3-6H,7H2,1-2H3,(H,22,23). The van der Waals surface area contributed by atoms with E-state index in [0.717, 1.165) is 12.1 Å². The third kappa shape index (κ3) is 3.73. The molecule has 0 atom stereocenters. The van der Waals surface area contributed by atoms with Crippen LogP contribution in [0.2, 0.25) is 0 Å². The minimum Gasteiger partial charge on any atom is -0.478 e. The topological polar surface area (TPSA) is 83.6 Å². The Bertz CT molecular complexity index is 766. The first kappa shape index (κ1) is 17.5. The Morgan fingerprint density at radius 1 is 1.33 bits per heavy atom. The van der Waals surface area contributed by atoms with Crippen molar-refractivity contribution in [1.82, 2.24) is 9.88 Å². The van der Waals surface area contributed by atoms with Gasteiger partial charge in [-0.3, -0.25) is 9.78 Å². The molecule has 24 heavy (non-hydrogen) atoms. The number of aromatic carboxylic acids is 1. The lowest BCUT2D eigenvalue weighted by Crippen LogP contribution is -2.27. The SMILES string of the molecule is Cc1oc(CN(C)C(=O)c2ccc(C(F)(F)F)cn2)cc1C(=O)O. The number of rotatable bonds is 4. The number of carbonyl (C=O) groups excluding carboxylic acids is 1. The van der Waals surface area contributed by atoms with Crippen LogP contribution in [0.4, 0.5) is 13.2 Å². The number of aryl methyl sites for hydroxylation is 1. The molecular formula is C15H13F3N2O4. The van der Waals surface area contributed by atoms with Crippen LogP contribution in [0.15, 0.2) is 28.8 Å². The molecular weight excluding hydrogens is 329 g/mol. The summed E-state index contributed by atoms with van der Waals surface area (Å²) in [6.07, 6.45) is -3.94. The monoisotopic (exact) mass is 342 g/mol. The number of halogens is 3. The molecule has 0 aliphatic heterocycles. The number of amides is 1. The maximum absolute atomic E-state index is 12.5. The summed E-state index contributed by atoms with van der Waals surface area (Å²) in [5.41, 5.74) is -1.12. The van der Waals surface area contributed by atoms with Crippen LogP contribution in [0.5, 0.6) is 0 Å². The van der Waals surface area contributed by atoms with Gasteiger partial charge in [0.1, 0.15) is 22.8 Å². The highest BCUT2D eigenvalue weighted by Crippen LogP contribution is 2.28. The maximum atomic E-state index is 12.5. The number of furan rings is 1. The first-order valence-electron chi connectivity index (χ1n) is 6.71. The molecule has 0 radical (unpaired) electrons. The van der Waals surface area contributed by atoms with Crippen molar-refractivity contribution < 1.29 is 32.3 Å². The number of alkyl halides is 3. The Balaban J connectivity index is 2.12. The zero-order valence-electron chi connectivity index (χ0n) is 12.7. The molecule has 1 N–H and O–H groups in total. The average Bonchev–Trinajstić information content (AvgIpc) is 2.86. The van der Waals surface area contributed by atoms with Gasteiger partial charge in [-0.15, -0.1) is 0 Å². The molecule has 0 spiro atoms. The Labute approximate surface area is 134 Å². The molecule has 0 unspecified atom stereocenters. The normalized spacial score (nSPS) is 11.4. The molecule has 128 valence electrons. The van der Waals surface area contributed by atoms with Gasteiger partial charge in [0.25, 0.3) is 5.91 Å². The fraction of sp³-hybridized carbons (Fsp3) is 0.267. The van der Waals surface area contributed by atoms with E-state index in [-0.39, 0.29) is 29.3 Å². The Hall–Kier alpha value is -2.84. The van der Waals surface area contributed by atoms with E-state index in [1.54, 1.807) is 0 Å². The summed E-state index contributed by atoms with van der Waals surface area (Å²) in [5.74, 6) is -1.32. The predicted molar refractivity (Wildman–Crippen MR) is 75.4 cm³/mol. The van der Waals surface area contributed by atoms with Gasteiger partial charge in [-0.25, -0.2) is 4.79 Å². The smallest absolute Gasteiger partial charge is 0.417 e. The van der Waals surface area contributed by atoms with Gasteiger partial charge < -0.3 is 14.4 Å². The quantitative estimate of drug-likeness (QED) is 0.923. The average molecular weight is 342 g/mol. The van der Waals surface area contributed by atoms with Crippen molar-refractivity contribution in [3.8, 4) is 0 Å². The molecule has 2 heterocycles. The third-order valence-corrected chi connectivity index (χ3v) is 3.25. The van der Waals surface area contributed by atoms with Crippen LogP contribution in [-0.4, -0.2) is 33.9 Å². The van der Waals surface area contributed by atoms with Crippen LogP contribution in [0.1, 0.15) is 37.9 Å². The van der Waals surface area contributed by atoms with E-state index in [4.69, 9.17) is 9.52 Å². The Morgan fingerprint density at radius 3 is 2.46 bits per heavy atom. The molecule has 0 bridgehead atoms. The van der Waals surface area contributed by atoms with Gasteiger partial charge >= 0.3 is 12.1 Å². The summed E-state index contributed by atoms with van der Waals surface area (Å²) in [7, 11) is 1.40. The van der Waals surface area contributed by atoms with Crippen LogP contribution in [0, 0.1) is 6.92 Å². The summed E-state index contributed by atoms with van der Waals surface area (Å²) < 4.78 is 42.7. The molecule has 0 aliphatic rings. The zero-order chi connectivity index (χ0) is 18.1. The van der Waals surface area contributed by atoms with Gasteiger partial charge in [0.2, 0.25) is 0 Å². The lowest BCUT2D eigenvalue weighted by Gasteiger charge is -2.15. The number of carbonyl (C=O) groups is 2. The lowest BCUT2D eigenvalue weighted by molar-refractivity contribution is -0.137. The van der Waals surface area contributed by atoms with E-state index in [1.807, 2.05) is 0 Å². The molecule has 2 aromatic heterocycles. The van der Waals surface area contributed by atoms with E-state index in [9.17, 15) is 22.8 Å². The van der Waals surface area contributed by atoms with Crippen LogP contribution in [-0.2, 0) is 12.7 Å². The second-order valence-electron chi connectivity index (χ2n) is 5.08. The van der Waals surface area contributed by atoms with E-state index in [0.29, 0.717) is 6.20 Å². The summed E-state index contributed by atoms with van der Waals surface area (Å²) in [4.78, 5) is 27.8. The third-order valence-electron chi connectivity index (χ3n) is 3.25. The van der Waals surface area contributed by atoms with Gasteiger partial charge in [0.05, 0.1) is 12.1 Å². The van der Waals surface area contributed by atoms with Crippen molar-refractivity contribution in [1.29, 1.82) is 0 Å². The van der Waals surface area contributed by atoms with E-state index in [1.165, 1.54) is 24.9 Å². The molecule has 2 aromatic rings. The van der Waals surface area contributed by atoms with E-state index in [2.05, 4.69) is 4.98 Å². The van der Waals surface area contributed by atoms with Gasteiger partial charge in [0, 0.05) is 13.2 Å². The first-order valence-corrected chi connectivity index (χ1v) is 6.71. The van der Waals surface area contributed by atoms with E-state index >= 15 is 0 Å². The Morgan fingerprint density at radius 2 is 2.00 bits per heavy atom. The van der Waals surface area contributed by atoms with Crippen molar-refractivity contribution in [2.45, 2.75) is 19.6 Å². The van der Waals surface area contributed by atoms with Crippen molar-refractivity contribution in [3.63, 3.8) is 0 Å². The highest BCUT2D eigenvalue weighted by atomic mass is 19.4. The minimum absolute atomic E-state index is 0.0153. The van der Waals surface area contributed by atoms with Crippen LogP contribution < -0.4 is 0 Å². The summed E-state index contributed by atoms with van der Waals surface area (Å²) in [6.45, 7) is 1.43. The second-order valence-corrected chi connectivity index (χ2v) is 5.08. The summed E-state index contributed by atoms with van der Waals surface area (Å²) in [6, 6.07) is 3.05. The minimum atomic E-state index is -4.53. The molecule has 9 heteroatoms. The van der Waals surface area contributed by atoms with Gasteiger partial charge in [0.15, 0.2) is 0 Å². The number of nitrogens with zero attached hydrogens (tertiary/aromatic N) is 2. The van der Waals surface area contributed by atoms with Crippen LogP contribution in [0.25, 0.3) is 0 Å². The lowest BCUT2D eigenvalue weighted by atomic mass is 10.2. The number of pyridine rings is 1. The molecule has 0 aliphatic carbocycles. The number of carboxylic acid groups (broad SMARTS) is 1. The molecule has 2 rings (SSSR count). The second kappa shape index (κ2) is 6.34. The van der Waals surface area contributed by atoms with Crippen molar-refractivity contribution in [2.75, 3.05) is 7.05 Å². The molecule has 0 saturated heterocycles. The molecule has 0 aromatic carbocycles. The fourth-order valence-electron chi connectivity index (χ4n) is 2.02. The maximum Gasteiger partial charge on any atom is 0.417 e. The van der Waals surface area contributed by atoms with Crippen LogP contribution >= 0.6 is 0 Å². The van der Waals surface area contributed by atoms with Gasteiger partial charge in [-0.1, -0.05) is 0 Å².